The van der Waals surface area contributed by atoms with Gasteiger partial charge in [0.05, 0.1) is 6.04 Å². The standard InChI is InChI=1S/C15H24N4O2S/c1-11(14-17-8-9-22-14)19-15(21)18-7-6-16-13(20)10-12-4-2-3-5-12/h8-9,11-12H,2-7,10H2,1H3,(H,16,20)(H2,18,19,21)/t11-/m0/s1. The SMILES string of the molecule is C[C@H](NC(=O)NCCNC(=O)CC1CCCC1)c1nccs1. The zero-order valence-electron chi connectivity index (χ0n) is 12.9. The molecule has 0 radical (unpaired) electrons. The number of nitrogens with one attached hydrogen (secondary N) is 3. The van der Waals surface area contributed by atoms with Crippen molar-refractivity contribution in [2.45, 2.75) is 45.1 Å². The van der Waals surface area contributed by atoms with Crippen LogP contribution in [0.3, 0.4) is 0 Å². The second-order valence-corrected chi connectivity index (χ2v) is 6.62. The van der Waals surface area contributed by atoms with E-state index < -0.39 is 0 Å². The van der Waals surface area contributed by atoms with E-state index in [2.05, 4.69) is 20.9 Å². The molecule has 1 aromatic rings. The number of hydrogen-bond donors (Lipinski definition) is 3. The Morgan fingerprint density at radius 3 is 2.73 bits per heavy atom. The van der Waals surface area contributed by atoms with E-state index in [0.29, 0.717) is 25.4 Å². The lowest BCUT2D eigenvalue weighted by Gasteiger charge is -2.13. The molecule has 3 N–H and O–H groups in total. The molecule has 0 bridgehead atoms. The first-order valence-electron chi connectivity index (χ1n) is 7.85. The third-order valence-corrected chi connectivity index (χ3v) is 4.81. The van der Waals surface area contributed by atoms with Gasteiger partial charge in [-0.05, 0) is 25.7 Å². The highest BCUT2D eigenvalue weighted by molar-refractivity contribution is 7.09. The number of nitrogens with zero attached hydrogens (tertiary/aromatic N) is 1. The summed E-state index contributed by atoms with van der Waals surface area (Å²) in [5.74, 6) is 0.640. The Morgan fingerprint density at radius 1 is 1.32 bits per heavy atom. The van der Waals surface area contributed by atoms with Crippen LogP contribution in [0, 0.1) is 5.92 Å². The number of thiazole rings is 1. The lowest BCUT2D eigenvalue weighted by Crippen LogP contribution is -2.41. The van der Waals surface area contributed by atoms with Gasteiger partial charge in [0, 0.05) is 31.1 Å². The van der Waals surface area contributed by atoms with Crippen molar-refractivity contribution >= 4 is 23.3 Å². The van der Waals surface area contributed by atoms with E-state index in [1.807, 2.05) is 12.3 Å². The molecule has 3 amide bonds. The summed E-state index contributed by atoms with van der Waals surface area (Å²) in [6, 6.07) is -0.357. The molecule has 22 heavy (non-hydrogen) atoms. The first kappa shape index (κ1) is 16.7. The summed E-state index contributed by atoms with van der Waals surface area (Å²) in [5, 5.41) is 11.2. The van der Waals surface area contributed by atoms with Crippen molar-refractivity contribution in [3.8, 4) is 0 Å². The van der Waals surface area contributed by atoms with Gasteiger partial charge in [0.15, 0.2) is 0 Å². The van der Waals surface area contributed by atoms with Gasteiger partial charge in [-0.1, -0.05) is 12.8 Å². The molecule has 1 atom stereocenters. The summed E-state index contributed by atoms with van der Waals surface area (Å²) >= 11 is 1.51. The monoisotopic (exact) mass is 324 g/mol. The molecule has 0 aliphatic heterocycles. The van der Waals surface area contributed by atoms with Crippen LogP contribution in [-0.4, -0.2) is 30.0 Å². The zero-order valence-corrected chi connectivity index (χ0v) is 13.7. The first-order valence-corrected chi connectivity index (χ1v) is 8.73. The minimum atomic E-state index is -0.243. The summed E-state index contributed by atoms with van der Waals surface area (Å²) in [4.78, 5) is 27.6. The van der Waals surface area contributed by atoms with Gasteiger partial charge in [-0.15, -0.1) is 11.3 Å². The van der Waals surface area contributed by atoms with E-state index in [1.54, 1.807) is 6.20 Å². The van der Waals surface area contributed by atoms with Crippen LogP contribution in [0.25, 0.3) is 0 Å². The lowest BCUT2D eigenvalue weighted by atomic mass is 10.0. The highest BCUT2D eigenvalue weighted by atomic mass is 32.1. The summed E-state index contributed by atoms with van der Waals surface area (Å²) in [5.41, 5.74) is 0. The highest BCUT2D eigenvalue weighted by Gasteiger charge is 2.18. The van der Waals surface area contributed by atoms with E-state index in [0.717, 1.165) is 5.01 Å². The zero-order chi connectivity index (χ0) is 15.8. The Balaban J connectivity index is 1.54. The molecule has 0 aromatic carbocycles. The van der Waals surface area contributed by atoms with Gasteiger partial charge in [-0.25, -0.2) is 9.78 Å². The summed E-state index contributed by atoms with van der Waals surface area (Å²) < 4.78 is 0. The molecule has 1 aromatic heterocycles. The van der Waals surface area contributed by atoms with E-state index in [-0.39, 0.29) is 18.0 Å². The van der Waals surface area contributed by atoms with Crippen molar-refractivity contribution < 1.29 is 9.59 Å². The third-order valence-electron chi connectivity index (χ3n) is 3.85. The Morgan fingerprint density at radius 2 is 2.05 bits per heavy atom. The minimum absolute atomic E-state index is 0.0882. The Labute approximate surface area is 135 Å². The fraction of sp³-hybridized carbons (Fsp3) is 0.667. The molecule has 1 saturated carbocycles. The van der Waals surface area contributed by atoms with Gasteiger partial charge in [-0.3, -0.25) is 4.79 Å². The lowest BCUT2D eigenvalue weighted by molar-refractivity contribution is -0.121. The maximum absolute atomic E-state index is 11.7. The largest absolute Gasteiger partial charge is 0.354 e. The highest BCUT2D eigenvalue weighted by Crippen LogP contribution is 2.27. The van der Waals surface area contributed by atoms with Crippen molar-refractivity contribution in [3.05, 3.63) is 16.6 Å². The maximum Gasteiger partial charge on any atom is 0.315 e. The molecular weight excluding hydrogens is 300 g/mol. The number of rotatable bonds is 7. The van der Waals surface area contributed by atoms with Gasteiger partial charge in [0.1, 0.15) is 5.01 Å². The summed E-state index contributed by atoms with van der Waals surface area (Å²) in [6.45, 7) is 2.78. The first-order chi connectivity index (χ1) is 10.6. The van der Waals surface area contributed by atoms with Crippen molar-refractivity contribution in [1.82, 2.24) is 20.9 Å². The molecule has 0 saturated heterocycles. The van der Waals surface area contributed by atoms with Gasteiger partial charge in [-0.2, -0.15) is 0 Å². The minimum Gasteiger partial charge on any atom is -0.354 e. The van der Waals surface area contributed by atoms with Gasteiger partial charge in [0.2, 0.25) is 5.91 Å². The molecule has 0 spiro atoms. The quantitative estimate of drug-likeness (QED) is 0.672. The fourth-order valence-corrected chi connectivity index (χ4v) is 3.33. The maximum atomic E-state index is 11.7. The summed E-state index contributed by atoms with van der Waals surface area (Å²) in [6.07, 6.45) is 7.17. The average molecular weight is 324 g/mol. The van der Waals surface area contributed by atoms with Crippen LogP contribution in [-0.2, 0) is 4.79 Å². The number of urea groups is 1. The van der Waals surface area contributed by atoms with Gasteiger partial charge >= 0.3 is 6.03 Å². The molecule has 6 nitrogen and oxygen atoms in total. The van der Waals surface area contributed by atoms with Crippen molar-refractivity contribution in [1.29, 1.82) is 0 Å². The van der Waals surface area contributed by atoms with Gasteiger partial charge in [0.25, 0.3) is 0 Å². The molecule has 0 unspecified atom stereocenters. The van der Waals surface area contributed by atoms with Crippen LogP contribution in [0.5, 0.6) is 0 Å². The van der Waals surface area contributed by atoms with Crippen LogP contribution in [0.2, 0.25) is 0 Å². The molecule has 122 valence electrons. The molecular formula is C15H24N4O2S. The number of carbonyl (C=O) groups excluding carboxylic acids is 2. The van der Waals surface area contributed by atoms with Crippen LogP contribution in [0.1, 0.15) is 50.1 Å². The van der Waals surface area contributed by atoms with E-state index in [9.17, 15) is 9.59 Å². The molecule has 7 heteroatoms. The summed E-state index contributed by atoms with van der Waals surface area (Å²) in [7, 11) is 0. The fourth-order valence-electron chi connectivity index (χ4n) is 2.68. The van der Waals surface area contributed by atoms with Crippen molar-refractivity contribution in [2.75, 3.05) is 13.1 Å². The van der Waals surface area contributed by atoms with E-state index in [1.165, 1.54) is 37.0 Å². The van der Waals surface area contributed by atoms with Gasteiger partial charge < -0.3 is 16.0 Å². The normalized spacial score (nSPS) is 16.2. The Kier molecular flexibility index (Phi) is 6.64. The smallest absolute Gasteiger partial charge is 0.315 e. The van der Waals surface area contributed by atoms with Crippen LogP contribution >= 0.6 is 11.3 Å². The molecule has 1 aliphatic carbocycles. The predicted octanol–water partition coefficient (Wildman–Crippen LogP) is 2.20. The van der Waals surface area contributed by atoms with E-state index in [4.69, 9.17) is 0 Å². The Hall–Kier alpha value is -1.63. The second kappa shape index (κ2) is 8.73. The van der Waals surface area contributed by atoms with Crippen LogP contribution in [0.4, 0.5) is 4.79 Å². The van der Waals surface area contributed by atoms with E-state index >= 15 is 0 Å². The topological polar surface area (TPSA) is 83.1 Å². The third kappa shape index (κ3) is 5.63. The van der Waals surface area contributed by atoms with Crippen LogP contribution in [0.15, 0.2) is 11.6 Å². The van der Waals surface area contributed by atoms with Crippen LogP contribution < -0.4 is 16.0 Å². The van der Waals surface area contributed by atoms with Crippen molar-refractivity contribution in [2.24, 2.45) is 5.92 Å². The molecule has 1 fully saturated rings. The number of carbonyl (C=O) groups is 2. The van der Waals surface area contributed by atoms with Crippen molar-refractivity contribution in [3.63, 3.8) is 0 Å². The number of aromatic nitrogens is 1. The molecule has 1 aliphatic rings. The second-order valence-electron chi connectivity index (χ2n) is 5.70. The number of hydrogen-bond acceptors (Lipinski definition) is 4. The molecule has 2 rings (SSSR count). The average Bonchev–Trinajstić information content (AvgIpc) is 3.16. The molecule has 1 heterocycles. The predicted molar refractivity (Wildman–Crippen MR) is 86.6 cm³/mol. The Bertz CT molecular complexity index is 472. The number of amides is 3.